The fourth-order valence-electron chi connectivity index (χ4n) is 2.08. The van der Waals surface area contributed by atoms with Crippen molar-refractivity contribution in [2.24, 2.45) is 0 Å². The van der Waals surface area contributed by atoms with Gasteiger partial charge in [0.15, 0.2) is 0 Å². The lowest BCUT2D eigenvalue weighted by Crippen LogP contribution is -2.18. The van der Waals surface area contributed by atoms with Crippen molar-refractivity contribution in [3.05, 3.63) is 58.9 Å². The van der Waals surface area contributed by atoms with Gasteiger partial charge in [0.1, 0.15) is 5.82 Å². The molecule has 0 atom stereocenters. The van der Waals surface area contributed by atoms with E-state index in [0.717, 1.165) is 12.1 Å². The summed E-state index contributed by atoms with van der Waals surface area (Å²) < 4.78 is 53.2. The van der Waals surface area contributed by atoms with Crippen LogP contribution in [0, 0.1) is 12.7 Å². The lowest BCUT2D eigenvalue weighted by atomic mass is 10.1. The van der Waals surface area contributed by atoms with Crippen molar-refractivity contribution < 1.29 is 22.4 Å². The molecule has 24 heavy (non-hydrogen) atoms. The molecule has 2 aromatic rings. The second kappa shape index (κ2) is 6.51. The van der Waals surface area contributed by atoms with E-state index in [1.807, 2.05) is 0 Å². The summed E-state index contributed by atoms with van der Waals surface area (Å²) in [6.07, 6.45) is -4.63. The molecule has 7 heteroatoms. The van der Waals surface area contributed by atoms with E-state index < -0.39 is 23.5 Å². The van der Waals surface area contributed by atoms with Crippen LogP contribution in [0.15, 0.2) is 36.4 Å². The van der Waals surface area contributed by atoms with Gasteiger partial charge in [-0.3, -0.25) is 4.79 Å². The molecule has 1 N–H and O–H groups in total. The molecule has 0 aromatic heterocycles. The van der Waals surface area contributed by atoms with Crippen molar-refractivity contribution in [1.29, 1.82) is 0 Å². The van der Waals surface area contributed by atoms with Crippen molar-refractivity contribution in [3.63, 3.8) is 0 Å². The maximum absolute atomic E-state index is 13.5. The van der Waals surface area contributed by atoms with Crippen molar-refractivity contribution >= 4 is 17.3 Å². The smallest absolute Gasteiger partial charge is 0.378 e. The number of carbonyl (C=O) groups is 1. The molecule has 0 fully saturated rings. The van der Waals surface area contributed by atoms with Gasteiger partial charge in [0.25, 0.3) is 5.91 Å². The summed E-state index contributed by atoms with van der Waals surface area (Å²) in [7, 11) is 3.23. The molecule has 0 saturated carbocycles. The molecule has 0 aliphatic heterocycles. The van der Waals surface area contributed by atoms with E-state index in [1.165, 1.54) is 36.1 Å². The Morgan fingerprint density at radius 2 is 1.75 bits per heavy atom. The van der Waals surface area contributed by atoms with Gasteiger partial charge >= 0.3 is 6.18 Å². The predicted octanol–water partition coefficient (Wildman–Crippen LogP) is 4.47. The molecule has 3 nitrogen and oxygen atoms in total. The molecule has 0 heterocycles. The molecule has 2 rings (SSSR count). The van der Waals surface area contributed by atoms with E-state index in [2.05, 4.69) is 5.32 Å². The second-order valence-electron chi connectivity index (χ2n) is 5.54. The molecule has 1 amide bonds. The molecular weight excluding hydrogens is 324 g/mol. The molecule has 0 saturated heterocycles. The van der Waals surface area contributed by atoms with Crippen molar-refractivity contribution in [3.8, 4) is 0 Å². The Labute approximate surface area is 136 Å². The minimum Gasteiger partial charge on any atom is -0.378 e. The summed E-state index contributed by atoms with van der Waals surface area (Å²) in [5.74, 6) is -1.40. The van der Waals surface area contributed by atoms with Crippen LogP contribution in [0.5, 0.6) is 0 Å². The number of carbonyl (C=O) groups excluding carboxylic acids is 1. The van der Waals surface area contributed by atoms with Crippen LogP contribution in [0.4, 0.5) is 28.9 Å². The molecule has 0 bridgehead atoms. The van der Waals surface area contributed by atoms with Crippen LogP contribution in [0.2, 0.25) is 0 Å². The van der Waals surface area contributed by atoms with E-state index in [-0.39, 0.29) is 11.3 Å². The fraction of sp³-hybridized carbons (Fsp3) is 0.235. The van der Waals surface area contributed by atoms with Crippen LogP contribution in [-0.4, -0.2) is 20.0 Å². The molecule has 0 spiro atoms. The minimum absolute atomic E-state index is 0.0529. The van der Waals surface area contributed by atoms with Crippen LogP contribution in [-0.2, 0) is 6.18 Å². The molecule has 0 radical (unpaired) electrons. The number of alkyl halides is 3. The van der Waals surface area contributed by atoms with Gasteiger partial charge in [-0.1, -0.05) is 6.07 Å². The summed E-state index contributed by atoms with van der Waals surface area (Å²) >= 11 is 0. The predicted molar refractivity (Wildman–Crippen MR) is 84.9 cm³/mol. The Bertz CT molecular complexity index is 770. The van der Waals surface area contributed by atoms with Crippen molar-refractivity contribution in [1.82, 2.24) is 0 Å². The van der Waals surface area contributed by atoms with Gasteiger partial charge in [0.05, 0.1) is 11.3 Å². The highest BCUT2D eigenvalue weighted by atomic mass is 19.4. The average Bonchev–Trinajstić information content (AvgIpc) is 2.49. The zero-order valence-electron chi connectivity index (χ0n) is 13.3. The number of rotatable bonds is 3. The molecule has 2 aromatic carbocycles. The van der Waals surface area contributed by atoms with Gasteiger partial charge in [-0.2, -0.15) is 13.2 Å². The summed E-state index contributed by atoms with van der Waals surface area (Å²) in [6, 6.07) is 7.33. The van der Waals surface area contributed by atoms with E-state index >= 15 is 0 Å². The summed E-state index contributed by atoms with van der Waals surface area (Å²) in [6.45, 7) is 1.53. The average molecular weight is 340 g/mol. The zero-order chi connectivity index (χ0) is 18.1. The first-order chi connectivity index (χ1) is 11.1. The number of benzene rings is 2. The first kappa shape index (κ1) is 17.8. The van der Waals surface area contributed by atoms with E-state index in [0.29, 0.717) is 11.3 Å². The first-order valence-electron chi connectivity index (χ1n) is 7.05. The third-order valence-corrected chi connectivity index (χ3v) is 3.51. The van der Waals surface area contributed by atoms with Crippen LogP contribution in [0.1, 0.15) is 21.5 Å². The lowest BCUT2D eigenvalue weighted by molar-refractivity contribution is -0.136. The maximum atomic E-state index is 13.5. The van der Waals surface area contributed by atoms with E-state index in [9.17, 15) is 22.4 Å². The third-order valence-electron chi connectivity index (χ3n) is 3.51. The minimum atomic E-state index is -4.63. The van der Waals surface area contributed by atoms with Gasteiger partial charge in [0.2, 0.25) is 0 Å². The Hall–Kier alpha value is -2.57. The highest BCUT2D eigenvalue weighted by molar-refractivity contribution is 6.04. The Morgan fingerprint density at radius 1 is 1.08 bits per heavy atom. The van der Waals surface area contributed by atoms with Gasteiger partial charge in [-0.25, -0.2) is 4.39 Å². The standard InChI is InChI=1S/C17H16F4N2O/c1-10-4-5-11(8-14(10)18)16(24)22-15-7-6-12(23(2)3)9-13(15)17(19,20)21/h4-9H,1-3H3,(H,22,24). The number of nitrogens with one attached hydrogen (secondary N) is 1. The summed E-state index contributed by atoms with van der Waals surface area (Å²) in [5, 5.41) is 2.20. The van der Waals surface area contributed by atoms with Crippen LogP contribution in [0.3, 0.4) is 0 Å². The number of hydrogen-bond acceptors (Lipinski definition) is 2. The third kappa shape index (κ3) is 3.84. The second-order valence-corrected chi connectivity index (χ2v) is 5.54. The monoisotopic (exact) mass is 340 g/mol. The van der Waals surface area contributed by atoms with Crippen molar-refractivity contribution in [2.45, 2.75) is 13.1 Å². The Balaban J connectivity index is 2.37. The SMILES string of the molecule is Cc1ccc(C(=O)Nc2ccc(N(C)C)cc2C(F)(F)F)cc1F. The van der Waals surface area contributed by atoms with Crippen LogP contribution < -0.4 is 10.2 Å². The topological polar surface area (TPSA) is 32.3 Å². The largest absolute Gasteiger partial charge is 0.418 e. The lowest BCUT2D eigenvalue weighted by Gasteiger charge is -2.18. The number of aryl methyl sites for hydroxylation is 1. The van der Waals surface area contributed by atoms with Gasteiger partial charge < -0.3 is 10.2 Å². The normalized spacial score (nSPS) is 11.3. The summed E-state index contributed by atoms with van der Waals surface area (Å²) in [4.78, 5) is 13.6. The molecule has 0 aliphatic rings. The highest BCUT2D eigenvalue weighted by Crippen LogP contribution is 2.37. The Kier molecular flexibility index (Phi) is 4.82. The van der Waals surface area contributed by atoms with E-state index in [4.69, 9.17) is 0 Å². The zero-order valence-corrected chi connectivity index (χ0v) is 13.3. The van der Waals surface area contributed by atoms with Crippen LogP contribution >= 0.6 is 0 Å². The quantitative estimate of drug-likeness (QED) is 0.836. The molecular formula is C17H16F4N2O. The molecule has 0 unspecified atom stereocenters. The first-order valence-corrected chi connectivity index (χ1v) is 7.05. The highest BCUT2D eigenvalue weighted by Gasteiger charge is 2.34. The van der Waals surface area contributed by atoms with Gasteiger partial charge in [0, 0.05) is 25.3 Å². The summed E-state index contributed by atoms with van der Waals surface area (Å²) in [5.41, 5.74) is -0.698. The Morgan fingerprint density at radius 3 is 2.29 bits per heavy atom. The van der Waals surface area contributed by atoms with Gasteiger partial charge in [-0.15, -0.1) is 0 Å². The van der Waals surface area contributed by atoms with Crippen molar-refractivity contribution in [2.75, 3.05) is 24.3 Å². The van der Waals surface area contributed by atoms with E-state index in [1.54, 1.807) is 14.1 Å². The van der Waals surface area contributed by atoms with Crippen LogP contribution in [0.25, 0.3) is 0 Å². The number of nitrogens with zero attached hydrogens (tertiary/aromatic N) is 1. The number of halogens is 4. The molecule has 128 valence electrons. The number of anilines is 2. The number of amides is 1. The fourth-order valence-corrected chi connectivity index (χ4v) is 2.08. The number of hydrogen-bond donors (Lipinski definition) is 1. The van der Waals surface area contributed by atoms with Gasteiger partial charge in [-0.05, 0) is 42.8 Å². The molecule has 0 aliphatic carbocycles. The maximum Gasteiger partial charge on any atom is 0.418 e.